The predicted molar refractivity (Wildman–Crippen MR) is 85.2 cm³/mol. The van der Waals surface area contributed by atoms with E-state index in [-0.39, 0.29) is 11.4 Å². The monoisotopic (exact) mass is 294 g/mol. The number of ether oxygens (including phenoxy) is 1. The van der Waals surface area contributed by atoms with E-state index in [1.165, 1.54) is 0 Å². The molecule has 21 heavy (non-hydrogen) atoms. The summed E-state index contributed by atoms with van der Waals surface area (Å²) >= 11 is 0. The van der Waals surface area contributed by atoms with Gasteiger partial charge in [0, 0.05) is 32.3 Å². The zero-order valence-electron chi connectivity index (χ0n) is 13.6. The highest BCUT2D eigenvalue weighted by Gasteiger charge is 2.21. The predicted octanol–water partition coefficient (Wildman–Crippen LogP) is 3.33. The molecule has 0 aromatic heterocycles. The smallest absolute Gasteiger partial charge is 0.146 e. The lowest BCUT2D eigenvalue weighted by Gasteiger charge is -2.33. The average Bonchev–Trinajstić information content (AvgIpc) is 2.45. The van der Waals surface area contributed by atoms with Crippen LogP contribution in [0.25, 0.3) is 0 Å². The van der Waals surface area contributed by atoms with Crippen molar-refractivity contribution in [2.24, 2.45) is 0 Å². The van der Waals surface area contributed by atoms with Crippen molar-refractivity contribution in [3.8, 4) is 0 Å². The quantitative estimate of drug-likeness (QED) is 0.922. The molecule has 0 spiro atoms. The van der Waals surface area contributed by atoms with Crippen LogP contribution in [0.2, 0.25) is 0 Å². The van der Waals surface area contributed by atoms with E-state index >= 15 is 0 Å². The maximum Gasteiger partial charge on any atom is 0.146 e. The molecule has 4 heteroatoms. The molecule has 0 unspecified atom stereocenters. The Balaban J connectivity index is 1.99. The zero-order valence-corrected chi connectivity index (χ0v) is 13.6. The van der Waals surface area contributed by atoms with Crippen LogP contribution in [0.1, 0.15) is 39.2 Å². The number of methoxy groups -OCH3 is 1. The van der Waals surface area contributed by atoms with Crippen molar-refractivity contribution in [1.29, 1.82) is 0 Å². The first-order valence-electron chi connectivity index (χ1n) is 7.70. The molecule has 1 fully saturated rings. The van der Waals surface area contributed by atoms with Crippen molar-refractivity contribution in [1.82, 2.24) is 5.32 Å². The standard InChI is InChI=1S/C17H27FN2O/c1-17(2,3)19-12-13-5-6-16(15(18)11-13)20-9-7-14(21-4)8-10-20/h5-6,11,14,19H,7-10,12H2,1-4H3. The van der Waals surface area contributed by atoms with Gasteiger partial charge >= 0.3 is 0 Å². The van der Waals surface area contributed by atoms with Crippen molar-refractivity contribution in [2.45, 2.75) is 51.8 Å². The molecule has 0 radical (unpaired) electrons. The van der Waals surface area contributed by atoms with E-state index in [1.54, 1.807) is 13.2 Å². The van der Waals surface area contributed by atoms with Gasteiger partial charge in [-0.05, 0) is 51.3 Å². The number of hydrogen-bond acceptors (Lipinski definition) is 3. The molecule has 1 aliphatic heterocycles. The first-order chi connectivity index (χ1) is 9.89. The largest absolute Gasteiger partial charge is 0.381 e. The molecule has 3 nitrogen and oxygen atoms in total. The number of nitrogens with zero attached hydrogens (tertiary/aromatic N) is 1. The minimum absolute atomic E-state index is 0.0389. The molecular weight excluding hydrogens is 267 g/mol. The summed E-state index contributed by atoms with van der Waals surface area (Å²) in [6.07, 6.45) is 2.24. The average molecular weight is 294 g/mol. The SMILES string of the molecule is COC1CCN(c2ccc(CNC(C)(C)C)cc2F)CC1. The molecule has 0 bridgehead atoms. The number of hydrogen-bond donors (Lipinski definition) is 1. The van der Waals surface area contributed by atoms with Crippen molar-refractivity contribution in [3.63, 3.8) is 0 Å². The summed E-state index contributed by atoms with van der Waals surface area (Å²) < 4.78 is 19.7. The van der Waals surface area contributed by atoms with Crippen molar-refractivity contribution >= 4 is 5.69 Å². The Morgan fingerprint density at radius 2 is 1.95 bits per heavy atom. The first kappa shape index (κ1) is 16.2. The van der Waals surface area contributed by atoms with E-state index in [9.17, 15) is 4.39 Å². The van der Waals surface area contributed by atoms with Crippen LogP contribution in [-0.4, -0.2) is 31.8 Å². The van der Waals surface area contributed by atoms with Crippen molar-refractivity contribution < 1.29 is 9.13 Å². The summed E-state index contributed by atoms with van der Waals surface area (Å²) in [5.74, 6) is -0.126. The molecule has 0 saturated carbocycles. The number of nitrogens with one attached hydrogen (secondary N) is 1. The molecule has 0 amide bonds. The lowest BCUT2D eigenvalue weighted by molar-refractivity contribution is 0.0818. The van der Waals surface area contributed by atoms with Gasteiger partial charge in [0.25, 0.3) is 0 Å². The lowest BCUT2D eigenvalue weighted by Crippen LogP contribution is -2.37. The van der Waals surface area contributed by atoms with E-state index in [1.807, 2.05) is 12.1 Å². The Labute approximate surface area is 127 Å². The van der Waals surface area contributed by atoms with Crippen molar-refractivity contribution in [3.05, 3.63) is 29.6 Å². The highest BCUT2D eigenvalue weighted by molar-refractivity contribution is 5.49. The van der Waals surface area contributed by atoms with Crippen LogP contribution in [0.15, 0.2) is 18.2 Å². The molecule has 1 N–H and O–H groups in total. The van der Waals surface area contributed by atoms with E-state index < -0.39 is 0 Å². The number of halogens is 1. The van der Waals surface area contributed by atoms with Gasteiger partial charge in [0.05, 0.1) is 11.8 Å². The Bertz CT molecular complexity index is 462. The van der Waals surface area contributed by atoms with Gasteiger partial charge in [-0.25, -0.2) is 4.39 Å². The third kappa shape index (κ3) is 4.68. The molecule has 1 heterocycles. The maximum absolute atomic E-state index is 14.3. The molecule has 118 valence electrons. The fraction of sp³-hybridized carbons (Fsp3) is 0.647. The molecule has 1 aliphatic rings. The molecule has 0 atom stereocenters. The van der Waals surface area contributed by atoms with Crippen LogP contribution in [0.3, 0.4) is 0 Å². The van der Waals surface area contributed by atoms with Gasteiger partial charge in [-0.2, -0.15) is 0 Å². The van der Waals surface area contributed by atoms with Gasteiger partial charge in [-0.3, -0.25) is 0 Å². The highest BCUT2D eigenvalue weighted by Crippen LogP contribution is 2.25. The summed E-state index contributed by atoms with van der Waals surface area (Å²) in [6, 6.07) is 5.57. The Morgan fingerprint density at radius 3 is 2.48 bits per heavy atom. The van der Waals surface area contributed by atoms with Gasteiger partial charge in [-0.15, -0.1) is 0 Å². The number of anilines is 1. The fourth-order valence-corrected chi connectivity index (χ4v) is 2.62. The molecule has 1 saturated heterocycles. The second kappa shape index (κ2) is 6.75. The maximum atomic E-state index is 14.3. The van der Waals surface area contributed by atoms with Gasteiger partial charge in [0.2, 0.25) is 0 Å². The minimum Gasteiger partial charge on any atom is -0.381 e. The molecular formula is C17H27FN2O. The second-order valence-corrected chi connectivity index (χ2v) is 6.81. The van der Waals surface area contributed by atoms with Crippen LogP contribution in [0.4, 0.5) is 10.1 Å². The van der Waals surface area contributed by atoms with Crippen LogP contribution in [0, 0.1) is 5.82 Å². The molecule has 0 aliphatic carbocycles. The van der Waals surface area contributed by atoms with Crippen LogP contribution in [0.5, 0.6) is 0 Å². The molecule has 2 rings (SSSR count). The number of piperidine rings is 1. The summed E-state index contributed by atoms with van der Waals surface area (Å²) in [5.41, 5.74) is 1.74. The van der Waals surface area contributed by atoms with Gasteiger partial charge in [0.15, 0.2) is 0 Å². The van der Waals surface area contributed by atoms with Gasteiger partial charge < -0.3 is 15.0 Å². The van der Waals surface area contributed by atoms with Crippen LogP contribution in [-0.2, 0) is 11.3 Å². The van der Waals surface area contributed by atoms with Crippen LogP contribution >= 0.6 is 0 Å². The van der Waals surface area contributed by atoms with Gasteiger partial charge in [0.1, 0.15) is 5.82 Å². The Hall–Kier alpha value is -1.13. The Morgan fingerprint density at radius 1 is 1.29 bits per heavy atom. The van der Waals surface area contributed by atoms with E-state index in [0.29, 0.717) is 18.3 Å². The third-order valence-electron chi connectivity index (χ3n) is 3.95. The van der Waals surface area contributed by atoms with E-state index in [0.717, 1.165) is 31.5 Å². The van der Waals surface area contributed by atoms with Crippen LogP contribution < -0.4 is 10.2 Å². The topological polar surface area (TPSA) is 24.5 Å². The van der Waals surface area contributed by atoms with Crippen molar-refractivity contribution in [2.75, 3.05) is 25.1 Å². The number of benzene rings is 1. The first-order valence-corrected chi connectivity index (χ1v) is 7.70. The van der Waals surface area contributed by atoms with Gasteiger partial charge in [-0.1, -0.05) is 6.07 Å². The summed E-state index contributed by atoms with van der Waals surface area (Å²) in [7, 11) is 1.75. The lowest BCUT2D eigenvalue weighted by atomic mass is 10.1. The summed E-state index contributed by atoms with van der Waals surface area (Å²) in [4.78, 5) is 2.12. The fourth-order valence-electron chi connectivity index (χ4n) is 2.62. The third-order valence-corrected chi connectivity index (χ3v) is 3.95. The summed E-state index contributed by atoms with van der Waals surface area (Å²) in [5, 5.41) is 3.38. The molecule has 1 aromatic rings. The van der Waals surface area contributed by atoms with E-state index in [4.69, 9.17) is 4.74 Å². The zero-order chi connectivity index (χ0) is 15.5. The highest BCUT2D eigenvalue weighted by atomic mass is 19.1. The summed E-state index contributed by atoms with van der Waals surface area (Å²) in [6.45, 7) is 8.73. The normalized spacial score (nSPS) is 17.3. The van der Waals surface area contributed by atoms with E-state index in [2.05, 4.69) is 31.0 Å². The number of rotatable bonds is 4. The second-order valence-electron chi connectivity index (χ2n) is 6.81. The minimum atomic E-state index is -0.126. The Kier molecular flexibility index (Phi) is 5.22. The molecule has 1 aromatic carbocycles.